The van der Waals surface area contributed by atoms with E-state index < -0.39 is 0 Å². The monoisotopic (exact) mass is 347 g/mol. The van der Waals surface area contributed by atoms with Crippen LogP contribution in [0.15, 0.2) is 18.2 Å². The summed E-state index contributed by atoms with van der Waals surface area (Å²) in [6, 6.07) is 5.50. The van der Waals surface area contributed by atoms with E-state index in [4.69, 9.17) is 9.47 Å². The number of hydrogen-bond acceptors (Lipinski definition) is 5. The third kappa shape index (κ3) is 3.56. The number of rotatable bonds is 4. The molecule has 0 aromatic heterocycles. The Morgan fingerprint density at radius 3 is 2.48 bits per heavy atom. The molecule has 25 heavy (non-hydrogen) atoms. The van der Waals surface area contributed by atoms with Crippen LogP contribution in [-0.2, 0) is 9.59 Å². The third-order valence-corrected chi connectivity index (χ3v) is 4.91. The molecule has 2 atom stereocenters. The fraction of sp³-hybridized carbons (Fsp3) is 0.556. The van der Waals surface area contributed by atoms with Crippen LogP contribution >= 0.6 is 0 Å². The number of hydrogen-bond donors (Lipinski definition) is 1. The number of piperazine rings is 1. The van der Waals surface area contributed by atoms with Crippen LogP contribution in [0.5, 0.6) is 11.5 Å². The standard InChI is InChI=1S/C18H25N3O4/c1-12-10-19-4-5-20(12)18(23)13-6-17(22)21(11-13)14-7-15(24-2)9-16(8-14)25-3/h7-9,12-13,19H,4-6,10-11H2,1-3H3/t12-,13?/m1/s1. The molecule has 3 rings (SSSR count). The molecule has 2 saturated heterocycles. The summed E-state index contributed by atoms with van der Waals surface area (Å²) in [6.07, 6.45) is 0.245. The minimum atomic E-state index is -0.301. The molecule has 2 aliphatic rings. The molecule has 0 bridgehead atoms. The average Bonchev–Trinajstić information content (AvgIpc) is 3.02. The highest BCUT2D eigenvalue weighted by Gasteiger charge is 2.39. The number of nitrogens with zero attached hydrogens (tertiary/aromatic N) is 2. The highest BCUT2D eigenvalue weighted by Crippen LogP contribution is 2.33. The van der Waals surface area contributed by atoms with Gasteiger partial charge in [0.05, 0.1) is 25.8 Å². The summed E-state index contributed by atoms with van der Waals surface area (Å²) in [5.74, 6) is 0.960. The molecule has 7 nitrogen and oxygen atoms in total. The molecule has 0 spiro atoms. The summed E-state index contributed by atoms with van der Waals surface area (Å²) in [6.45, 7) is 4.71. The van der Waals surface area contributed by atoms with Gasteiger partial charge in [0, 0.05) is 56.8 Å². The minimum Gasteiger partial charge on any atom is -0.497 e. The van der Waals surface area contributed by atoms with Gasteiger partial charge in [0.25, 0.3) is 0 Å². The Balaban J connectivity index is 1.77. The van der Waals surface area contributed by atoms with Crippen LogP contribution in [0.4, 0.5) is 5.69 Å². The topological polar surface area (TPSA) is 71.1 Å². The first-order chi connectivity index (χ1) is 12.0. The highest BCUT2D eigenvalue weighted by atomic mass is 16.5. The van der Waals surface area contributed by atoms with Gasteiger partial charge in [-0.3, -0.25) is 9.59 Å². The fourth-order valence-electron chi connectivity index (χ4n) is 3.47. The van der Waals surface area contributed by atoms with Crippen molar-refractivity contribution in [2.75, 3.05) is 45.3 Å². The molecule has 0 radical (unpaired) electrons. The Labute approximate surface area is 147 Å². The quantitative estimate of drug-likeness (QED) is 0.875. The van der Waals surface area contributed by atoms with E-state index >= 15 is 0 Å². The molecule has 7 heteroatoms. The van der Waals surface area contributed by atoms with Gasteiger partial charge in [0.2, 0.25) is 11.8 Å². The van der Waals surface area contributed by atoms with Gasteiger partial charge in [-0.2, -0.15) is 0 Å². The molecule has 0 aliphatic carbocycles. The van der Waals surface area contributed by atoms with Crippen LogP contribution in [-0.4, -0.2) is 63.2 Å². The molecule has 2 heterocycles. The molecule has 1 aromatic rings. The van der Waals surface area contributed by atoms with Crippen molar-refractivity contribution in [2.45, 2.75) is 19.4 Å². The van der Waals surface area contributed by atoms with Crippen molar-refractivity contribution >= 4 is 17.5 Å². The predicted octanol–water partition coefficient (Wildman–Crippen LogP) is 0.877. The maximum absolute atomic E-state index is 12.8. The first kappa shape index (κ1) is 17.5. The number of carbonyl (C=O) groups excluding carboxylic acids is 2. The Bertz CT molecular complexity index is 641. The lowest BCUT2D eigenvalue weighted by molar-refractivity contribution is -0.138. The Hall–Kier alpha value is -2.28. The molecule has 2 fully saturated rings. The molecule has 1 aromatic carbocycles. The van der Waals surface area contributed by atoms with Gasteiger partial charge in [-0.05, 0) is 6.92 Å². The summed E-state index contributed by atoms with van der Waals surface area (Å²) in [4.78, 5) is 28.9. The third-order valence-electron chi connectivity index (χ3n) is 4.91. The Kier molecular flexibility index (Phi) is 5.13. The summed E-state index contributed by atoms with van der Waals surface area (Å²) in [5, 5.41) is 3.28. The molecule has 136 valence electrons. The largest absolute Gasteiger partial charge is 0.497 e. The van der Waals surface area contributed by atoms with Crippen molar-refractivity contribution in [3.8, 4) is 11.5 Å². The Morgan fingerprint density at radius 1 is 1.20 bits per heavy atom. The maximum atomic E-state index is 12.8. The number of nitrogens with one attached hydrogen (secondary N) is 1. The average molecular weight is 347 g/mol. The maximum Gasteiger partial charge on any atom is 0.228 e. The van der Waals surface area contributed by atoms with E-state index in [2.05, 4.69) is 5.32 Å². The zero-order valence-electron chi connectivity index (χ0n) is 14.9. The van der Waals surface area contributed by atoms with E-state index in [0.29, 0.717) is 30.3 Å². The summed E-state index contributed by atoms with van der Waals surface area (Å²) >= 11 is 0. The van der Waals surface area contributed by atoms with Gasteiger partial charge in [-0.25, -0.2) is 0 Å². The van der Waals surface area contributed by atoms with Gasteiger partial charge >= 0.3 is 0 Å². The normalized spacial score (nSPS) is 23.7. The first-order valence-corrected chi connectivity index (χ1v) is 8.58. The number of amides is 2. The van der Waals surface area contributed by atoms with E-state index in [0.717, 1.165) is 13.1 Å². The van der Waals surface area contributed by atoms with Crippen LogP contribution in [0.2, 0.25) is 0 Å². The molecule has 1 unspecified atom stereocenters. The molecule has 1 N–H and O–H groups in total. The van der Waals surface area contributed by atoms with Crippen LogP contribution in [0.3, 0.4) is 0 Å². The smallest absolute Gasteiger partial charge is 0.228 e. The van der Waals surface area contributed by atoms with E-state index in [-0.39, 0.29) is 30.2 Å². The molecular weight excluding hydrogens is 322 g/mol. The minimum absolute atomic E-state index is 0.0450. The Morgan fingerprint density at radius 2 is 1.88 bits per heavy atom. The van der Waals surface area contributed by atoms with Crippen LogP contribution in [0.1, 0.15) is 13.3 Å². The van der Waals surface area contributed by atoms with Crippen LogP contribution < -0.4 is 19.7 Å². The van der Waals surface area contributed by atoms with Crippen molar-refractivity contribution in [2.24, 2.45) is 5.92 Å². The second-order valence-electron chi connectivity index (χ2n) is 6.56. The number of carbonyl (C=O) groups is 2. The number of methoxy groups -OCH3 is 2. The van der Waals surface area contributed by atoms with Gasteiger partial charge in [-0.15, -0.1) is 0 Å². The second-order valence-corrected chi connectivity index (χ2v) is 6.56. The zero-order chi connectivity index (χ0) is 18.0. The van der Waals surface area contributed by atoms with Gasteiger partial charge in [-0.1, -0.05) is 0 Å². The number of anilines is 1. The molecule has 2 amide bonds. The predicted molar refractivity (Wildman–Crippen MR) is 94.1 cm³/mol. The van der Waals surface area contributed by atoms with E-state index in [1.165, 1.54) is 0 Å². The van der Waals surface area contributed by atoms with Crippen molar-refractivity contribution in [1.82, 2.24) is 10.2 Å². The molecule has 2 aliphatic heterocycles. The first-order valence-electron chi connectivity index (χ1n) is 8.58. The summed E-state index contributed by atoms with van der Waals surface area (Å²) < 4.78 is 10.6. The van der Waals surface area contributed by atoms with Crippen molar-refractivity contribution in [3.63, 3.8) is 0 Å². The van der Waals surface area contributed by atoms with E-state index in [1.807, 2.05) is 11.8 Å². The summed E-state index contributed by atoms with van der Waals surface area (Å²) in [7, 11) is 3.14. The second kappa shape index (κ2) is 7.31. The van der Waals surface area contributed by atoms with Crippen LogP contribution in [0.25, 0.3) is 0 Å². The lowest BCUT2D eigenvalue weighted by Crippen LogP contribution is -2.54. The van der Waals surface area contributed by atoms with E-state index in [1.54, 1.807) is 37.3 Å². The molecular formula is C18H25N3O4. The lowest BCUT2D eigenvalue weighted by Gasteiger charge is -2.35. The van der Waals surface area contributed by atoms with E-state index in [9.17, 15) is 9.59 Å². The zero-order valence-corrected chi connectivity index (χ0v) is 14.9. The SMILES string of the molecule is COc1cc(OC)cc(N2CC(C(=O)N3CCNC[C@H]3C)CC2=O)c1. The van der Waals surface area contributed by atoms with Crippen molar-refractivity contribution in [1.29, 1.82) is 0 Å². The molecule has 0 saturated carbocycles. The lowest BCUT2D eigenvalue weighted by atomic mass is 10.1. The van der Waals surface area contributed by atoms with Gasteiger partial charge < -0.3 is 24.6 Å². The summed E-state index contributed by atoms with van der Waals surface area (Å²) in [5.41, 5.74) is 0.699. The number of benzene rings is 1. The van der Waals surface area contributed by atoms with Crippen molar-refractivity contribution < 1.29 is 19.1 Å². The fourth-order valence-corrected chi connectivity index (χ4v) is 3.47. The van der Waals surface area contributed by atoms with Gasteiger partial charge in [0.1, 0.15) is 11.5 Å². The van der Waals surface area contributed by atoms with Crippen molar-refractivity contribution in [3.05, 3.63) is 18.2 Å². The highest BCUT2D eigenvalue weighted by molar-refractivity contribution is 6.00. The number of ether oxygens (including phenoxy) is 2. The van der Waals surface area contributed by atoms with Crippen LogP contribution in [0, 0.1) is 5.92 Å². The van der Waals surface area contributed by atoms with Gasteiger partial charge in [0.15, 0.2) is 0 Å².